The van der Waals surface area contributed by atoms with Crippen LogP contribution >= 0.6 is 0 Å². The molecule has 0 amide bonds. The highest BCUT2D eigenvalue weighted by Gasteiger charge is 2.10. The third-order valence-electron chi connectivity index (χ3n) is 4.81. The topological polar surface area (TPSA) is 80.5 Å². The molecule has 7 heteroatoms. The first kappa shape index (κ1) is 18.5. The van der Waals surface area contributed by atoms with E-state index in [0.717, 1.165) is 33.6 Å². The van der Waals surface area contributed by atoms with Crippen LogP contribution in [0.1, 0.15) is 5.56 Å². The second-order valence-corrected chi connectivity index (χ2v) is 6.95. The van der Waals surface area contributed by atoms with E-state index < -0.39 is 0 Å². The number of fused-ring (bicyclic) bond motifs is 1. The van der Waals surface area contributed by atoms with Gasteiger partial charge < -0.3 is 19.5 Å². The Balaban J connectivity index is 1.36. The van der Waals surface area contributed by atoms with Crippen molar-refractivity contribution in [3.05, 3.63) is 89.9 Å². The minimum Gasteiger partial charge on any atom is -0.423 e. The van der Waals surface area contributed by atoms with Gasteiger partial charge in [-0.1, -0.05) is 42.5 Å². The summed E-state index contributed by atoms with van der Waals surface area (Å²) in [4.78, 5) is 12.2. The number of aryl methyl sites for hydroxylation is 1. The Morgan fingerprint density at radius 2 is 1.74 bits per heavy atom. The van der Waals surface area contributed by atoms with Crippen LogP contribution in [0.3, 0.4) is 0 Å². The molecule has 0 saturated carbocycles. The molecule has 7 nitrogen and oxygen atoms in total. The Kier molecular flexibility index (Phi) is 4.58. The summed E-state index contributed by atoms with van der Waals surface area (Å²) < 4.78 is 11.6. The van der Waals surface area contributed by atoms with Crippen LogP contribution in [-0.2, 0) is 0 Å². The van der Waals surface area contributed by atoms with Crippen molar-refractivity contribution in [3.8, 4) is 11.3 Å². The summed E-state index contributed by atoms with van der Waals surface area (Å²) in [6, 6.07) is 21.5. The number of nitrogens with one attached hydrogen (secondary N) is 2. The molecule has 0 atom stereocenters. The Labute approximate surface area is 178 Å². The van der Waals surface area contributed by atoms with Gasteiger partial charge in [-0.2, -0.15) is 4.98 Å². The molecule has 0 bridgehead atoms. The molecular formula is C24H17N5O2. The van der Waals surface area contributed by atoms with Gasteiger partial charge in [0, 0.05) is 16.9 Å². The van der Waals surface area contributed by atoms with Crippen molar-refractivity contribution >= 4 is 40.2 Å². The molecule has 31 heavy (non-hydrogen) atoms. The highest BCUT2D eigenvalue weighted by molar-refractivity contribution is 5.76. The molecule has 0 spiro atoms. The van der Waals surface area contributed by atoms with Crippen molar-refractivity contribution in [1.29, 1.82) is 0 Å². The number of anilines is 4. The lowest BCUT2D eigenvalue weighted by atomic mass is 10.2. The van der Waals surface area contributed by atoms with Gasteiger partial charge in [0.2, 0.25) is 0 Å². The fourth-order valence-corrected chi connectivity index (χ4v) is 3.16. The maximum atomic E-state index is 7.05. The monoisotopic (exact) mass is 407 g/mol. The number of nitrogens with zero attached hydrogens (tertiary/aromatic N) is 3. The molecule has 0 aliphatic heterocycles. The van der Waals surface area contributed by atoms with E-state index in [1.165, 1.54) is 0 Å². The molecule has 0 saturated heterocycles. The third-order valence-corrected chi connectivity index (χ3v) is 4.81. The van der Waals surface area contributed by atoms with Crippen LogP contribution in [0.25, 0.3) is 27.3 Å². The molecule has 0 fully saturated rings. The summed E-state index contributed by atoms with van der Waals surface area (Å²) in [5, 5.41) is 6.42. The maximum Gasteiger partial charge on any atom is 0.300 e. The Morgan fingerprint density at radius 1 is 0.903 bits per heavy atom. The second-order valence-electron chi connectivity index (χ2n) is 6.95. The number of benzene rings is 3. The minimum absolute atomic E-state index is 0.381. The van der Waals surface area contributed by atoms with E-state index in [1.807, 2.05) is 61.5 Å². The molecule has 2 N–H and O–H groups in total. The van der Waals surface area contributed by atoms with Crippen LogP contribution < -0.4 is 10.6 Å². The van der Waals surface area contributed by atoms with Gasteiger partial charge in [-0.25, -0.2) is 9.83 Å². The molecule has 5 rings (SSSR count). The van der Waals surface area contributed by atoms with Crippen LogP contribution in [-0.4, -0.2) is 9.97 Å². The zero-order chi connectivity index (χ0) is 21.2. The first-order valence-electron chi connectivity index (χ1n) is 9.62. The van der Waals surface area contributed by atoms with Crippen LogP contribution in [0, 0.1) is 13.5 Å². The third kappa shape index (κ3) is 3.82. The van der Waals surface area contributed by atoms with Crippen molar-refractivity contribution in [2.45, 2.75) is 6.92 Å². The number of aromatic nitrogens is 2. The summed E-state index contributed by atoms with van der Waals surface area (Å²) in [6.07, 6.45) is 1.66. The highest BCUT2D eigenvalue weighted by Crippen LogP contribution is 2.30. The number of hydrogen-bond donors (Lipinski definition) is 2. The predicted molar refractivity (Wildman–Crippen MR) is 120 cm³/mol. The zero-order valence-electron chi connectivity index (χ0n) is 16.6. The van der Waals surface area contributed by atoms with Crippen molar-refractivity contribution in [3.63, 3.8) is 0 Å². The Morgan fingerprint density at radius 3 is 2.55 bits per heavy atom. The average molecular weight is 407 g/mol. The fourth-order valence-electron chi connectivity index (χ4n) is 3.16. The highest BCUT2D eigenvalue weighted by atomic mass is 16.4. The van der Waals surface area contributed by atoms with Crippen LogP contribution in [0.4, 0.5) is 29.1 Å². The van der Waals surface area contributed by atoms with E-state index in [9.17, 15) is 0 Å². The van der Waals surface area contributed by atoms with Gasteiger partial charge in [-0.15, -0.1) is 0 Å². The summed E-state index contributed by atoms with van der Waals surface area (Å²) in [5.41, 5.74) is 5.67. The average Bonchev–Trinajstić information content (AvgIpc) is 3.42. The van der Waals surface area contributed by atoms with Gasteiger partial charge in [0.1, 0.15) is 5.52 Å². The first-order chi connectivity index (χ1) is 15.2. The molecule has 2 heterocycles. The molecule has 0 radical (unpaired) electrons. The standard InChI is InChI=1S/C24H17N5O2/c1-15-7-10-18(27-24-28-19-5-3-4-6-21(19)30-24)13-20(15)29-23-26-14-22(31-23)16-8-11-17(25-2)12-9-16/h3-14H,1H3,(H,26,29)(H,27,28). The molecule has 0 aliphatic carbocycles. The molecule has 3 aromatic carbocycles. The number of hydrogen-bond acceptors (Lipinski definition) is 6. The smallest absolute Gasteiger partial charge is 0.300 e. The van der Waals surface area contributed by atoms with Gasteiger partial charge in [0.05, 0.1) is 12.8 Å². The molecule has 0 aliphatic rings. The van der Waals surface area contributed by atoms with Crippen molar-refractivity contribution in [2.75, 3.05) is 10.6 Å². The van der Waals surface area contributed by atoms with Crippen molar-refractivity contribution in [2.24, 2.45) is 0 Å². The Hall–Kier alpha value is -4.57. The molecule has 2 aromatic heterocycles. The van der Waals surface area contributed by atoms with Gasteiger partial charge in [0.15, 0.2) is 17.0 Å². The predicted octanol–water partition coefficient (Wildman–Crippen LogP) is 6.83. The quantitative estimate of drug-likeness (QED) is 0.311. The van der Waals surface area contributed by atoms with Crippen LogP contribution in [0.5, 0.6) is 0 Å². The lowest BCUT2D eigenvalue weighted by Gasteiger charge is -2.09. The SMILES string of the molecule is [C-]#[N+]c1ccc(-c2cnc(Nc3cc(Nc4nc5ccccc5o4)ccc3C)o2)cc1. The molecular weight excluding hydrogens is 390 g/mol. The number of oxazole rings is 2. The van der Waals surface area contributed by atoms with Crippen molar-refractivity contribution < 1.29 is 8.83 Å². The van der Waals surface area contributed by atoms with Gasteiger partial charge >= 0.3 is 0 Å². The lowest BCUT2D eigenvalue weighted by molar-refractivity contribution is 0.592. The molecule has 150 valence electrons. The zero-order valence-corrected chi connectivity index (χ0v) is 16.6. The van der Waals surface area contributed by atoms with E-state index >= 15 is 0 Å². The maximum absolute atomic E-state index is 7.05. The fraction of sp³-hybridized carbons (Fsp3) is 0.0417. The molecule has 5 aromatic rings. The van der Waals surface area contributed by atoms with Gasteiger partial charge in [0.25, 0.3) is 12.0 Å². The summed E-state index contributed by atoms with van der Waals surface area (Å²) in [7, 11) is 0. The van der Waals surface area contributed by atoms with Crippen LogP contribution in [0.15, 0.2) is 81.8 Å². The first-order valence-corrected chi connectivity index (χ1v) is 9.62. The summed E-state index contributed by atoms with van der Waals surface area (Å²) in [5.74, 6) is 0.623. The largest absolute Gasteiger partial charge is 0.423 e. The van der Waals surface area contributed by atoms with Gasteiger partial charge in [-0.05, 0) is 36.8 Å². The Bertz CT molecular complexity index is 1380. The second kappa shape index (κ2) is 7.69. The van der Waals surface area contributed by atoms with E-state index in [0.29, 0.717) is 23.5 Å². The number of rotatable bonds is 5. The van der Waals surface area contributed by atoms with Gasteiger partial charge in [-0.3, -0.25) is 0 Å². The van der Waals surface area contributed by atoms with E-state index in [1.54, 1.807) is 18.3 Å². The minimum atomic E-state index is 0.381. The summed E-state index contributed by atoms with van der Waals surface area (Å²) >= 11 is 0. The normalized spacial score (nSPS) is 10.7. The number of para-hydroxylation sites is 2. The van der Waals surface area contributed by atoms with Crippen molar-refractivity contribution in [1.82, 2.24) is 9.97 Å². The van der Waals surface area contributed by atoms with E-state index in [-0.39, 0.29) is 0 Å². The van der Waals surface area contributed by atoms with E-state index in [4.69, 9.17) is 15.4 Å². The van der Waals surface area contributed by atoms with Crippen LogP contribution in [0.2, 0.25) is 0 Å². The van der Waals surface area contributed by atoms with E-state index in [2.05, 4.69) is 25.4 Å². The lowest BCUT2D eigenvalue weighted by Crippen LogP contribution is -1.96. The summed E-state index contributed by atoms with van der Waals surface area (Å²) in [6.45, 7) is 9.05. The molecule has 0 unspecified atom stereocenters.